The van der Waals surface area contributed by atoms with Crippen molar-refractivity contribution in [1.82, 2.24) is 0 Å². The van der Waals surface area contributed by atoms with Crippen LogP contribution in [-0.2, 0) is 0 Å². The van der Waals surface area contributed by atoms with Gasteiger partial charge < -0.3 is 0 Å². The summed E-state index contributed by atoms with van der Waals surface area (Å²) in [6, 6.07) is 0. The molecule has 0 aromatic heterocycles. The van der Waals surface area contributed by atoms with E-state index in [2.05, 4.69) is 6.92 Å². The highest BCUT2D eigenvalue weighted by Gasteiger charge is 2.44. The summed E-state index contributed by atoms with van der Waals surface area (Å²) in [7, 11) is 0. The Bertz CT molecular complexity index is 254. The zero-order valence-electron chi connectivity index (χ0n) is 11.9. The van der Waals surface area contributed by atoms with Gasteiger partial charge in [-0.15, -0.1) is 0 Å². The van der Waals surface area contributed by atoms with Crippen molar-refractivity contribution in [3.8, 4) is 0 Å². The minimum Gasteiger partial charge on any atom is -0.207 e. The van der Waals surface area contributed by atoms with Gasteiger partial charge in [0.1, 0.15) is 0 Å². The first-order chi connectivity index (χ1) is 8.53. The average molecular weight is 258 g/mol. The summed E-state index contributed by atoms with van der Waals surface area (Å²) in [6.07, 6.45) is 9.54. The molecule has 2 unspecified atom stereocenters. The SMILES string of the molecule is CCCC1CCC(C2CCC(C)C(F)(F)C2)CC1. The van der Waals surface area contributed by atoms with E-state index in [1.54, 1.807) is 6.92 Å². The Kier molecular flexibility index (Phi) is 4.66. The van der Waals surface area contributed by atoms with Gasteiger partial charge in [-0.05, 0) is 43.4 Å². The Morgan fingerprint density at radius 2 is 1.56 bits per heavy atom. The van der Waals surface area contributed by atoms with Crippen LogP contribution in [0.4, 0.5) is 8.78 Å². The average Bonchev–Trinajstić information content (AvgIpc) is 2.34. The molecule has 2 saturated carbocycles. The summed E-state index contributed by atoms with van der Waals surface area (Å²) in [5.74, 6) is -1.02. The normalized spacial score (nSPS) is 40.7. The standard InChI is InChI=1S/C16H28F2/c1-3-4-13-6-9-14(10-7-13)15-8-5-12(2)16(17,18)11-15/h12-15H,3-11H2,1-2H3. The number of hydrogen-bond acceptors (Lipinski definition) is 0. The van der Waals surface area contributed by atoms with Gasteiger partial charge in [-0.1, -0.05) is 39.5 Å². The van der Waals surface area contributed by atoms with Crippen LogP contribution in [0.15, 0.2) is 0 Å². The molecule has 0 amide bonds. The third kappa shape index (κ3) is 3.24. The molecule has 2 rings (SSSR count). The number of alkyl halides is 2. The molecule has 106 valence electrons. The van der Waals surface area contributed by atoms with Crippen molar-refractivity contribution >= 4 is 0 Å². The van der Waals surface area contributed by atoms with Gasteiger partial charge in [0.25, 0.3) is 5.92 Å². The second kappa shape index (κ2) is 5.88. The van der Waals surface area contributed by atoms with Crippen molar-refractivity contribution in [2.24, 2.45) is 23.7 Å². The third-order valence-corrected chi connectivity index (χ3v) is 5.48. The molecule has 0 aliphatic heterocycles. The fraction of sp³-hybridized carbons (Fsp3) is 1.00. The Morgan fingerprint density at radius 1 is 0.944 bits per heavy atom. The number of hydrogen-bond donors (Lipinski definition) is 0. The highest BCUT2D eigenvalue weighted by Crippen LogP contribution is 2.47. The van der Waals surface area contributed by atoms with E-state index in [1.807, 2.05) is 0 Å². The van der Waals surface area contributed by atoms with Crippen LogP contribution in [0, 0.1) is 23.7 Å². The van der Waals surface area contributed by atoms with E-state index in [0.717, 1.165) is 18.8 Å². The molecular weight excluding hydrogens is 230 g/mol. The summed E-state index contributed by atoms with van der Waals surface area (Å²) in [4.78, 5) is 0. The molecule has 2 fully saturated rings. The Labute approximate surface area is 111 Å². The van der Waals surface area contributed by atoms with Gasteiger partial charge in [-0.2, -0.15) is 0 Å². The van der Waals surface area contributed by atoms with Crippen molar-refractivity contribution in [3.63, 3.8) is 0 Å². The first-order valence-corrected chi connectivity index (χ1v) is 7.90. The monoisotopic (exact) mass is 258 g/mol. The third-order valence-electron chi connectivity index (χ3n) is 5.48. The van der Waals surface area contributed by atoms with Crippen LogP contribution < -0.4 is 0 Å². The van der Waals surface area contributed by atoms with E-state index < -0.39 is 11.8 Å². The van der Waals surface area contributed by atoms with Crippen LogP contribution in [0.25, 0.3) is 0 Å². The van der Waals surface area contributed by atoms with E-state index in [9.17, 15) is 8.78 Å². The highest BCUT2D eigenvalue weighted by molar-refractivity contribution is 4.88. The summed E-state index contributed by atoms with van der Waals surface area (Å²) in [5.41, 5.74) is 0. The van der Waals surface area contributed by atoms with Gasteiger partial charge in [-0.25, -0.2) is 8.78 Å². The van der Waals surface area contributed by atoms with Crippen LogP contribution >= 0.6 is 0 Å². The molecule has 0 heterocycles. The molecule has 0 aromatic rings. The maximum absolute atomic E-state index is 13.8. The lowest BCUT2D eigenvalue weighted by Gasteiger charge is -2.40. The molecule has 0 spiro atoms. The number of halogens is 2. The predicted molar refractivity (Wildman–Crippen MR) is 71.8 cm³/mol. The smallest absolute Gasteiger partial charge is 0.207 e. The summed E-state index contributed by atoms with van der Waals surface area (Å²) in [6.45, 7) is 3.96. The lowest BCUT2D eigenvalue weighted by Crippen LogP contribution is -2.37. The lowest BCUT2D eigenvalue weighted by molar-refractivity contribution is -0.106. The summed E-state index contributed by atoms with van der Waals surface area (Å²) < 4.78 is 27.6. The van der Waals surface area contributed by atoms with Crippen molar-refractivity contribution in [1.29, 1.82) is 0 Å². The first-order valence-electron chi connectivity index (χ1n) is 7.90. The van der Waals surface area contributed by atoms with Crippen LogP contribution in [0.5, 0.6) is 0 Å². The van der Waals surface area contributed by atoms with Crippen molar-refractivity contribution < 1.29 is 8.78 Å². The topological polar surface area (TPSA) is 0 Å². The molecule has 2 aliphatic carbocycles. The van der Waals surface area contributed by atoms with E-state index in [-0.39, 0.29) is 6.42 Å². The molecular formula is C16H28F2. The minimum absolute atomic E-state index is 0.164. The summed E-state index contributed by atoms with van der Waals surface area (Å²) >= 11 is 0. The maximum atomic E-state index is 13.8. The van der Waals surface area contributed by atoms with Gasteiger partial charge in [0.05, 0.1) is 0 Å². The molecule has 2 atom stereocenters. The molecule has 18 heavy (non-hydrogen) atoms. The molecule has 0 N–H and O–H groups in total. The predicted octanol–water partition coefficient (Wildman–Crippen LogP) is 5.66. The van der Waals surface area contributed by atoms with E-state index in [1.165, 1.54) is 38.5 Å². The van der Waals surface area contributed by atoms with Crippen molar-refractivity contribution in [2.45, 2.75) is 77.6 Å². The van der Waals surface area contributed by atoms with E-state index >= 15 is 0 Å². The fourth-order valence-corrected chi connectivity index (χ4v) is 4.09. The van der Waals surface area contributed by atoms with Crippen LogP contribution in [0.2, 0.25) is 0 Å². The first kappa shape index (κ1) is 14.3. The quantitative estimate of drug-likeness (QED) is 0.612. The largest absolute Gasteiger partial charge is 0.250 e. The zero-order chi connectivity index (χ0) is 13.2. The molecule has 0 nitrogen and oxygen atoms in total. The van der Waals surface area contributed by atoms with Gasteiger partial charge in [0.15, 0.2) is 0 Å². The molecule has 0 radical (unpaired) electrons. The van der Waals surface area contributed by atoms with Crippen LogP contribution in [0.1, 0.15) is 71.6 Å². The highest BCUT2D eigenvalue weighted by atomic mass is 19.3. The Balaban J connectivity index is 1.83. The Morgan fingerprint density at radius 3 is 2.11 bits per heavy atom. The van der Waals surface area contributed by atoms with E-state index in [4.69, 9.17) is 0 Å². The van der Waals surface area contributed by atoms with Crippen molar-refractivity contribution in [2.75, 3.05) is 0 Å². The van der Waals surface area contributed by atoms with Gasteiger partial charge >= 0.3 is 0 Å². The molecule has 0 saturated heterocycles. The van der Waals surface area contributed by atoms with Gasteiger partial charge in [0.2, 0.25) is 0 Å². The Hall–Kier alpha value is -0.140. The molecule has 2 aliphatic rings. The maximum Gasteiger partial charge on any atom is 0.250 e. The molecule has 0 bridgehead atoms. The van der Waals surface area contributed by atoms with Crippen LogP contribution in [-0.4, -0.2) is 5.92 Å². The van der Waals surface area contributed by atoms with Gasteiger partial charge in [-0.3, -0.25) is 0 Å². The molecule has 0 aromatic carbocycles. The van der Waals surface area contributed by atoms with Crippen molar-refractivity contribution in [3.05, 3.63) is 0 Å². The second-order valence-corrected chi connectivity index (χ2v) is 6.77. The van der Waals surface area contributed by atoms with Gasteiger partial charge in [0, 0.05) is 12.3 Å². The van der Waals surface area contributed by atoms with E-state index in [0.29, 0.717) is 11.8 Å². The summed E-state index contributed by atoms with van der Waals surface area (Å²) in [5, 5.41) is 0. The lowest BCUT2D eigenvalue weighted by atomic mass is 9.68. The zero-order valence-corrected chi connectivity index (χ0v) is 11.9. The minimum atomic E-state index is -2.40. The second-order valence-electron chi connectivity index (χ2n) is 6.77. The van der Waals surface area contributed by atoms with Crippen LogP contribution in [0.3, 0.4) is 0 Å². The number of rotatable bonds is 3. The molecule has 2 heteroatoms. The fourth-order valence-electron chi connectivity index (χ4n) is 4.09.